The highest BCUT2D eigenvalue weighted by Gasteiger charge is 2.13. The van der Waals surface area contributed by atoms with Gasteiger partial charge in [-0.05, 0) is 40.2 Å². The predicted octanol–water partition coefficient (Wildman–Crippen LogP) is 3.11. The SMILES string of the molecule is CS(=O)(=O)c1ccc2nc(NC(=O)c3cncc(Br)c3)sc2c1. The predicted molar refractivity (Wildman–Crippen MR) is 92.6 cm³/mol. The van der Waals surface area contributed by atoms with Crippen LogP contribution in [0.5, 0.6) is 0 Å². The van der Waals surface area contributed by atoms with E-state index in [0.29, 0.717) is 25.4 Å². The van der Waals surface area contributed by atoms with Crippen molar-refractivity contribution in [3.05, 3.63) is 46.7 Å². The second kappa shape index (κ2) is 5.99. The van der Waals surface area contributed by atoms with Crippen molar-refractivity contribution in [2.45, 2.75) is 4.90 Å². The quantitative estimate of drug-likeness (QED) is 0.714. The number of aromatic nitrogens is 2. The molecule has 0 aliphatic rings. The van der Waals surface area contributed by atoms with E-state index in [1.54, 1.807) is 24.4 Å². The van der Waals surface area contributed by atoms with Crippen LogP contribution in [0.25, 0.3) is 10.2 Å². The van der Waals surface area contributed by atoms with Gasteiger partial charge in [0.1, 0.15) is 0 Å². The van der Waals surface area contributed by atoms with E-state index in [1.807, 2.05) is 0 Å². The molecule has 9 heteroatoms. The Morgan fingerprint density at radius 1 is 1.26 bits per heavy atom. The minimum atomic E-state index is -3.28. The Labute approximate surface area is 144 Å². The van der Waals surface area contributed by atoms with Crippen LogP contribution in [0.1, 0.15) is 10.4 Å². The van der Waals surface area contributed by atoms with Gasteiger partial charge in [0, 0.05) is 23.1 Å². The molecule has 118 valence electrons. The lowest BCUT2D eigenvalue weighted by molar-refractivity contribution is 0.102. The van der Waals surface area contributed by atoms with Crippen molar-refractivity contribution < 1.29 is 13.2 Å². The third-order valence-corrected chi connectivity index (χ3v) is 5.45. The monoisotopic (exact) mass is 411 g/mol. The van der Waals surface area contributed by atoms with Gasteiger partial charge in [-0.15, -0.1) is 0 Å². The first kappa shape index (κ1) is 16.0. The fourth-order valence-corrected chi connectivity index (χ4v) is 3.88. The van der Waals surface area contributed by atoms with E-state index in [0.717, 1.165) is 6.26 Å². The number of halogens is 1. The summed E-state index contributed by atoms with van der Waals surface area (Å²) in [4.78, 5) is 20.6. The van der Waals surface area contributed by atoms with Crippen LogP contribution in [0.15, 0.2) is 46.0 Å². The molecule has 3 rings (SSSR count). The summed E-state index contributed by atoms with van der Waals surface area (Å²) >= 11 is 4.47. The van der Waals surface area contributed by atoms with Gasteiger partial charge in [0.2, 0.25) is 0 Å². The van der Waals surface area contributed by atoms with Gasteiger partial charge in [-0.3, -0.25) is 15.1 Å². The van der Waals surface area contributed by atoms with Crippen molar-refractivity contribution in [3.8, 4) is 0 Å². The van der Waals surface area contributed by atoms with Crippen LogP contribution >= 0.6 is 27.3 Å². The summed E-state index contributed by atoms with van der Waals surface area (Å²) in [6.45, 7) is 0. The Kier molecular flexibility index (Phi) is 4.17. The highest BCUT2D eigenvalue weighted by Crippen LogP contribution is 2.28. The van der Waals surface area contributed by atoms with Crippen LogP contribution in [0.3, 0.4) is 0 Å². The van der Waals surface area contributed by atoms with Crippen molar-refractivity contribution in [3.63, 3.8) is 0 Å². The molecule has 1 aromatic carbocycles. The summed E-state index contributed by atoms with van der Waals surface area (Å²) in [6.07, 6.45) is 4.19. The molecule has 0 saturated heterocycles. The maximum atomic E-state index is 12.2. The molecule has 23 heavy (non-hydrogen) atoms. The number of rotatable bonds is 3. The first-order valence-electron chi connectivity index (χ1n) is 6.35. The van der Waals surface area contributed by atoms with Gasteiger partial charge in [0.25, 0.3) is 5.91 Å². The smallest absolute Gasteiger partial charge is 0.259 e. The molecule has 2 heterocycles. The summed E-state index contributed by atoms with van der Waals surface area (Å²) in [7, 11) is -3.28. The molecule has 6 nitrogen and oxygen atoms in total. The van der Waals surface area contributed by atoms with Gasteiger partial charge < -0.3 is 0 Å². The molecule has 0 aliphatic carbocycles. The first-order chi connectivity index (χ1) is 10.8. The topological polar surface area (TPSA) is 89.0 Å². The Hall–Kier alpha value is -1.84. The van der Waals surface area contributed by atoms with E-state index in [2.05, 4.69) is 31.2 Å². The maximum Gasteiger partial charge on any atom is 0.259 e. The lowest BCUT2D eigenvalue weighted by Gasteiger charge is -2.00. The van der Waals surface area contributed by atoms with E-state index in [9.17, 15) is 13.2 Å². The molecule has 0 spiro atoms. The number of amides is 1. The van der Waals surface area contributed by atoms with Crippen LogP contribution in [-0.2, 0) is 9.84 Å². The molecule has 3 aromatic rings. The van der Waals surface area contributed by atoms with Crippen LogP contribution < -0.4 is 5.32 Å². The highest BCUT2D eigenvalue weighted by atomic mass is 79.9. The molecule has 0 fully saturated rings. The molecule has 0 unspecified atom stereocenters. The number of carbonyl (C=O) groups is 1. The van der Waals surface area contributed by atoms with Crippen LogP contribution in [0, 0.1) is 0 Å². The van der Waals surface area contributed by atoms with E-state index < -0.39 is 9.84 Å². The van der Waals surface area contributed by atoms with E-state index >= 15 is 0 Å². The molecule has 2 aromatic heterocycles. The molecule has 0 aliphatic heterocycles. The molecule has 1 N–H and O–H groups in total. The van der Waals surface area contributed by atoms with E-state index in [-0.39, 0.29) is 10.8 Å². The minimum absolute atomic E-state index is 0.225. The zero-order chi connectivity index (χ0) is 16.6. The van der Waals surface area contributed by atoms with Gasteiger partial charge >= 0.3 is 0 Å². The van der Waals surface area contributed by atoms with Gasteiger partial charge in [-0.1, -0.05) is 11.3 Å². The number of thiazole rings is 1. The normalized spacial score (nSPS) is 11.6. The zero-order valence-corrected chi connectivity index (χ0v) is 15.0. The largest absolute Gasteiger partial charge is 0.298 e. The molecule has 0 atom stereocenters. The summed E-state index contributed by atoms with van der Waals surface area (Å²) in [6, 6.07) is 6.33. The van der Waals surface area contributed by atoms with Gasteiger partial charge in [-0.25, -0.2) is 13.4 Å². The first-order valence-corrected chi connectivity index (χ1v) is 9.85. The summed E-state index contributed by atoms with van der Waals surface area (Å²) in [5.74, 6) is -0.332. The van der Waals surface area contributed by atoms with Crippen LogP contribution in [0.4, 0.5) is 5.13 Å². The molecular weight excluding hydrogens is 402 g/mol. The van der Waals surface area contributed by atoms with Crippen molar-refractivity contribution in [1.82, 2.24) is 9.97 Å². The molecule has 1 amide bonds. The minimum Gasteiger partial charge on any atom is -0.298 e. The zero-order valence-electron chi connectivity index (χ0n) is 11.8. The molecule has 0 saturated carbocycles. The average Bonchev–Trinajstić information content (AvgIpc) is 2.87. The number of nitrogens with one attached hydrogen (secondary N) is 1. The van der Waals surface area contributed by atoms with Crippen molar-refractivity contribution in [2.24, 2.45) is 0 Å². The fourth-order valence-electron chi connectivity index (χ4n) is 1.89. The number of benzene rings is 1. The number of hydrogen-bond donors (Lipinski definition) is 1. The van der Waals surface area contributed by atoms with Crippen LogP contribution in [0.2, 0.25) is 0 Å². The van der Waals surface area contributed by atoms with Crippen molar-refractivity contribution in [2.75, 3.05) is 11.6 Å². The number of sulfone groups is 1. The number of anilines is 1. The third-order valence-electron chi connectivity index (χ3n) is 2.98. The van der Waals surface area contributed by atoms with Gasteiger partial charge in [0.05, 0.1) is 20.7 Å². The second-order valence-corrected chi connectivity index (χ2v) is 8.73. The summed E-state index contributed by atoms with van der Waals surface area (Å²) in [5.41, 5.74) is 1.03. The van der Waals surface area contributed by atoms with Crippen molar-refractivity contribution >= 4 is 58.4 Å². The van der Waals surface area contributed by atoms with Crippen LogP contribution in [-0.4, -0.2) is 30.5 Å². The van der Waals surface area contributed by atoms with Gasteiger partial charge in [-0.2, -0.15) is 0 Å². The summed E-state index contributed by atoms with van der Waals surface area (Å²) in [5, 5.41) is 3.09. The van der Waals surface area contributed by atoms with Crippen molar-refractivity contribution in [1.29, 1.82) is 0 Å². The third kappa shape index (κ3) is 3.57. The molecule has 0 radical (unpaired) electrons. The Morgan fingerprint density at radius 3 is 2.74 bits per heavy atom. The number of fused-ring (bicyclic) bond motifs is 1. The Morgan fingerprint density at radius 2 is 2.04 bits per heavy atom. The lowest BCUT2D eigenvalue weighted by Crippen LogP contribution is -2.11. The summed E-state index contributed by atoms with van der Waals surface area (Å²) < 4.78 is 24.6. The number of pyridine rings is 1. The molecule has 0 bridgehead atoms. The number of carbonyl (C=O) groups excluding carboxylic acids is 1. The van der Waals surface area contributed by atoms with E-state index in [4.69, 9.17) is 0 Å². The number of nitrogens with zero attached hydrogens (tertiary/aromatic N) is 2. The standard InChI is InChI=1S/C14H10BrN3O3S2/c1-23(20,21)10-2-3-11-12(5-10)22-14(17-11)18-13(19)8-4-9(15)7-16-6-8/h2-7H,1H3,(H,17,18,19). The lowest BCUT2D eigenvalue weighted by atomic mass is 10.3. The highest BCUT2D eigenvalue weighted by molar-refractivity contribution is 9.10. The second-order valence-electron chi connectivity index (χ2n) is 4.77. The number of hydrogen-bond acceptors (Lipinski definition) is 6. The van der Waals surface area contributed by atoms with E-state index in [1.165, 1.54) is 23.6 Å². The maximum absolute atomic E-state index is 12.2. The molecular formula is C14H10BrN3O3S2. The fraction of sp³-hybridized carbons (Fsp3) is 0.0714. The average molecular weight is 412 g/mol. The van der Waals surface area contributed by atoms with Gasteiger partial charge in [0.15, 0.2) is 15.0 Å². The Balaban J connectivity index is 1.90. The Bertz CT molecular complexity index is 1020.